The van der Waals surface area contributed by atoms with Gasteiger partial charge in [-0.25, -0.2) is 9.98 Å². The van der Waals surface area contributed by atoms with Gasteiger partial charge in [0.1, 0.15) is 22.1 Å². The van der Waals surface area contributed by atoms with Crippen LogP contribution in [-0.2, 0) is 12.1 Å². The number of aliphatic imine (C=N–C) groups is 1. The summed E-state index contributed by atoms with van der Waals surface area (Å²) in [6.45, 7) is 13.2. The molecule has 0 fully saturated rings. The molecule has 0 saturated carbocycles. The van der Waals surface area contributed by atoms with E-state index in [2.05, 4.69) is 27.5 Å². The van der Waals surface area contributed by atoms with E-state index in [4.69, 9.17) is 4.42 Å². The molecule has 1 unspecified atom stereocenters. The molecule has 0 radical (unpaired) electrons. The molecule has 2 aromatic rings. The Kier molecular flexibility index (Phi) is 8.55. The van der Waals surface area contributed by atoms with Gasteiger partial charge in [-0.1, -0.05) is 0 Å². The van der Waals surface area contributed by atoms with Crippen LogP contribution in [0.4, 0.5) is 0 Å². The van der Waals surface area contributed by atoms with Crippen LogP contribution in [0.1, 0.15) is 46.5 Å². The van der Waals surface area contributed by atoms with E-state index in [1.54, 1.807) is 18.3 Å². The monoisotopic (exact) mass is 492 g/mol. The molecular weight excluding hydrogens is 463 g/mol. The van der Waals surface area contributed by atoms with Gasteiger partial charge >= 0.3 is 0 Å². The number of nitrogens with one attached hydrogen (secondary N) is 2. The second-order valence-corrected chi connectivity index (χ2v) is 7.69. The van der Waals surface area contributed by atoms with Crippen molar-refractivity contribution in [3.05, 3.63) is 38.7 Å². The van der Waals surface area contributed by atoms with Crippen molar-refractivity contribution in [2.75, 3.05) is 13.1 Å². The summed E-state index contributed by atoms with van der Waals surface area (Å²) in [6.07, 6.45) is 0. The molecule has 0 spiro atoms. The molecule has 0 bridgehead atoms. The van der Waals surface area contributed by atoms with E-state index in [1.165, 1.54) is 4.88 Å². The smallest absolute Gasteiger partial charge is 0.191 e. The molecule has 0 amide bonds. The van der Waals surface area contributed by atoms with Gasteiger partial charge in [-0.2, -0.15) is 0 Å². The van der Waals surface area contributed by atoms with Crippen LogP contribution in [0.5, 0.6) is 0 Å². The molecule has 0 aliphatic rings. The maximum atomic E-state index is 10.8. The van der Waals surface area contributed by atoms with E-state index in [0.717, 1.165) is 34.3 Å². The van der Waals surface area contributed by atoms with Gasteiger partial charge in [0.25, 0.3) is 0 Å². The molecule has 146 valence electrons. The minimum atomic E-state index is -1.05. The Bertz CT molecular complexity index is 733. The van der Waals surface area contributed by atoms with E-state index >= 15 is 0 Å². The first-order valence-corrected chi connectivity index (χ1v) is 9.29. The molecule has 2 heterocycles. The molecule has 0 aliphatic carbocycles. The van der Waals surface area contributed by atoms with Crippen LogP contribution < -0.4 is 10.6 Å². The molecule has 0 saturated heterocycles. The highest BCUT2D eigenvalue weighted by Crippen LogP contribution is 2.26. The van der Waals surface area contributed by atoms with E-state index in [1.807, 2.05) is 33.8 Å². The Balaban J connectivity index is 0.00000338. The average molecular weight is 492 g/mol. The van der Waals surface area contributed by atoms with Crippen molar-refractivity contribution in [2.24, 2.45) is 4.99 Å². The van der Waals surface area contributed by atoms with Crippen LogP contribution in [0.25, 0.3) is 0 Å². The summed E-state index contributed by atoms with van der Waals surface area (Å²) in [4.78, 5) is 10.3. The SMILES string of the molecule is CCNC(=NCc1nc(C)c(C)s1)NCC(C)(O)c1cc(C)oc1C.I. The largest absolute Gasteiger partial charge is 0.466 e. The van der Waals surface area contributed by atoms with Gasteiger partial charge in [-0.15, -0.1) is 35.3 Å². The fourth-order valence-electron chi connectivity index (χ4n) is 2.61. The minimum Gasteiger partial charge on any atom is -0.466 e. The van der Waals surface area contributed by atoms with Gasteiger partial charge in [-0.3, -0.25) is 0 Å². The van der Waals surface area contributed by atoms with Crippen molar-refractivity contribution in [3.8, 4) is 0 Å². The fraction of sp³-hybridized carbons (Fsp3) is 0.556. The quantitative estimate of drug-likeness (QED) is 0.327. The number of aliphatic hydroxyl groups is 1. The van der Waals surface area contributed by atoms with Crippen molar-refractivity contribution >= 4 is 41.3 Å². The first kappa shape index (κ1) is 22.9. The van der Waals surface area contributed by atoms with Crippen LogP contribution in [0.3, 0.4) is 0 Å². The van der Waals surface area contributed by atoms with E-state index in [-0.39, 0.29) is 24.0 Å². The fourth-order valence-corrected chi connectivity index (χ4v) is 3.47. The zero-order valence-corrected chi connectivity index (χ0v) is 19.4. The van der Waals surface area contributed by atoms with Gasteiger partial charge in [0.15, 0.2) is 5.96 Å². The number of nitrogens with zero attached hydrogens (tertiary/aromatic N) is 2. The number of hydrogen-bond acceptors (Lipinski definition) is 5. The first-order chi connectivity index (χ1) is 11.7. The molecule has 0 aromatic carbocycles. The number of rotatable bonds is 6. The summed E-state index contributed by atoms with van der Waals surface area (Å²) in [5, 5.41) is 18.2. The molecular formula is C18H29IN4O2S. The lowest BCUT2D eigenvalue weighted by Crippen LogP contribution is -2.44. The van der Waals surface area contributed by atoms with Crippen molar-refractivity contribution in [1.29, 1.82) is 0 Å². The Morgan fingerprint density at radius 3 is 2.50 bits per heavy atom. The van der Waals surface area contributed by atoms with Crippen molar-refractivity contribution < 1.29 is 9.52 Å². The zero-order chi connectivity index (χ0) is 18.6. The van der Waals surface area contributed by atoms with E-state index < -0.39 is 5.60 Å². The number of aryl methyl sites for hydroxylation is 4. The summed E-state index contributed by atoms with van der Waals surface area (Å²) < 4.78 is 5.53. The Hall–Kier alpha value is -1.13. The number of furan rings is 1. The van der Waals surface area contributed by atoms with Crippen LogP contribution in [0.2, 0.25) is 0 Å². The predicted octanol–water partition coefficient (Wildman–Crippen LogP) is 3.55. The summed E-state index contributed by atoms with van der Waals surface area (Å²) >= 11 is 1.66. The molecule has 2 aromatic heterocycles. The van der Waals surface area contributed by atoms with Gasteiger partial charge in [0.05, 0.1) is 18.8 Å². The van der Waals surface area contributed by atoms with Crippen molar-refractivity contribution in [1.82, 2.24) is 15.6 Å². The average Bonchev–Trinajstić information content (AvgIpc) is 3.04. The summed E-state index contributed by atoms with van der Waals surface area (Å²) in [6, 6.07) is 1.88. The lowest BCUT2D eigenvalue weighted by atomic mass is 9.96. The third-order valence-electron chi connectivity index (χ3n) is 4.01. The maximum absolute atomic E-state index is 10.8. The van der Waals surface area contributed by atoms with E-state index in [9.17, 15) is 5.11 Å². The first-order valence-electron chi connectivity index (χ1n) is 8.48. The number of aromatic nitrogens is 1. The number of guanidine groups is 1. The van der Waals surface area contributed by atoms with Gasteiger partial charge in [-0.05, 0) is 47.6 Å². The second kappa shape index (κ2) is 9.70. The van der Waals surface area contributed by atoms with Crippen molar-refractivity contribution in [2.45, 2.75) is 53.7 Å². The van der Waals surface area contributed by atoms with Gasteiger partial charge in [0.2, 0.25) is 0 Å². The second-order valence-electron chi connectivity index (χ2n) is 6.40. The lowest BCUT2D eigenvalue weighted by molar-refractivity contribution is 0.0601. The lowest BCUT2D eigenvalue weighted by Gasteiger charge is -2.24. The third kappa shape index (κ3) is 5.95. The Morgan fingerprint density at radius 1 is 1.31 bits per heavy atom. The van der Waals surface area contributed by atoms with Crippen LogP contribution in [0, 0.1) is 27.7 Å². The number of hydrogen-bond donors (Lipinski definition) is 3. The van der Waals surface area contributed by atoms with E-state index in [0.29, 0.717) is 19.0 Å². The highest BCUT2D eigenvalue weighted by molar-refractivity contribution is 14.0. The number of thiazole rings is 1. The maximum Gasteiger partial charge on any atom is 0.191 e. The van der Waals surface area contributed by atoms with Gasteiger partial charge < -0.3 is 20.2 Å². The normalized spacial score (nSPS) is 13.9. The van der Waals surface area contributed by atoms with Crippen LogP contribution >= 0.6 is 35.3 Å². The molecule has 26 heavy (non-hydrogen) atoms. The zero-order valence-electron chi connectivity index (χ0n) is 16.3. The molecule has 6 nitrogen and oxygen atoms in total. The van der Waals surface area contributed by atoms with Crippen LogP contribution in [0.15, 0.2) is 15.5 Å². The summed E-state index contributed by atoms with van der Waals surface area (Å²) in [5.74, 6) is 2.19. The minimum absolute atomic E-state index is 0. The third-order valence-corrected chi connectivity index (χ3v) is 5.07. The topological polar surface area (TPSA) is 82.7 Å². The predicted molar refractivity (Wildman–Crippen MR) is 118 cm³/mol. The highest BCUT2D eigenvalue weighted by Gasteiger charge is 2.27. The number of halogens is 1. The highest BCUT2D eigenvalue weighted by atomic mass is 127. The Morgan fingerprint density at radius 2 is 2.00 bits per heavy atom. The molecule has 8 heteroatoms. The molecule has 0 aliphatic heterocycles. The van der Waals surface area contributed by atoms with Gasteiger partial charge in [0, 0.05) is 17.0 Å². The summed E-state index contributed by atoms with van der Waals surface area (Å²) in [5.41, 5.74) is 0.799. The van der Waals surface area contributed by atoms with Crippen molar-refractivity contribution in [3.63, 3.8) is 0 Å². The van der Waals surface area contributed by atoms with Crippen LogP contribution in [-0.4, -0.2) is 29.1 Å². The molecule has 3 N–H and O–H groups in total. The standard InChI is InChI=1S/C18H28N4O2S.HI/c1-7-19-17(20-9-16-22-12(3)14(5)25-16)21-10-18(6,23)15-8-11(2)24-13(15)4;/h8,23H,7,9-10H2,1-6H3,(H2,19,20,21);1H. The molecule has 1 atom stereocenters. The molecule has 2 rings (SSSR count). The Labute approximate surface area is 176 Å². The summed E-state index contributed by atoms with van der Waals surface area (Å²) in [7, 11) is 0.